The third kappa shape index (κ3) is 3.07. The van der Waals surface area contributed by atoms with E-state index in [1.54, 1.807) is 6.20 Å². The molecule has 1 fully saturated rings. The standard InChI is InChI=1S/C19H21N5O/c1-14-5-2-3-7-16(14)17-11-18(22-21-17)19(25)23-9-4-6-15(12-23)24-10-8-20-13-24/h2-3,5,7-8,10-11,13,15H,4,6,9,12H2,1H3,(H,21,22)/t15-/m1/s1. The van der Waals surface area contributed by atoms with Gasteiger partial charge in [0.1, 0.15) is 5.69 Å². The Morgan fingerprint density at radius 1 is 1.32 bits per heavy atom. The van der Waals surface area contributed by atoms with Crippen molar-refractivity contribution in [1.29, 1.82) is 0 Å². The summed E-state index contributed by atoms with van der Waals surface area (Å²) in [4.78, 5) is 18.9. The number of aromatic amines is 1. The van der Waals surface area contributed by atoms with E-state index < -0.39 is 0 Å². The molecule has 1 saturated heterocycles. The van der Waals surface area contributed by atoms with Gasteiger partial charge in [0.25, 0.3) is 5.91 Å². The van der Waals surface area contributed by atoms with E-state index in [4.69, 9.17) is 0 Å². The van der Waals surface area contributed by atoms with Gasteiger partial charge in [-0.3, -0.25) is 9.89 Å². The van der Waals surface area contributed by atoms with Gasteiger partial charge in [0.05, 0.1) is 18.1 Å². The Balaban J connectivity index is 1.52. The molecule has 1 atom stereocenters. The summed E-state index contributed by atoms with van der Waals surface area (Å²) in [7, 11) is 0. The maximum Gasteiger partial charge on any atom is 0.271 e. The molecule has 1 aliphatic heterocycles. The van der Waals surface area contributed by atoms with E-state index in [-0.39, 0.29) is 5.91 Å². The number of benzene rings is 1. The minimum absolute atomic E-state index is 0.0112. The van der Waals surface area contributed by atoms with Gasteiger partial charge in [-0.2, -0.15) is 5.10 Å². The maximum absolute atomic E-state index is 12.9. The fourth-order valence-corrected chi connectivity index (χ4v) is 3.47. The third-order valence-corrected chi connectivity index (χ3v) is 4.86. The first-order valence-corrected chi connectivity index (χ1v) is 8.60. The molecule has 1 amide bonds. The summed E-state index contributed by atoms with van der Waals surface area (Å²) in [6.45, 7) is 3.53. The summed E-state index contributed by atoms with van der Waals surface area (Å²) >= 11 is 0. The van der Waals surface area contributed by atoms with Crippen LogP contribution >= 0.6 is 0 Å². The molecule has 6 heteroatoms. The number of aryl methyl sites for hydroxylation is 1. The Kier molecular flexibility index (Phi) is 4.09. The lowest BCUT2D eigenvalue weighted by Crippen LogP contribution is -2.40. The fraction of sp³-hybridized carbons (Fsp3) is 0.316. The number of amides is 1. The molecule has 0 radical (unpaired) electrons. The van der Waals surface area contributed by atoms with E-state index in [9.17, 15) is 4.79 Å². The number of hydrogen-bond donors (Lipinski definition) is 1. The molecule has 3 aromatic rings. The topological polar surface area (TPSA) is 66.8 Å². The van der Waals surface area contributed by atoms with Crippen molar-refractivity contribution in [3.05, 3.63) is 60.3 Å². The highest BCUT2D eigenvalue weighted by molar-refractivity contribution is 5.93. The Hall–Kier alpha value is -2.89. The molecule has 0 bridgehead atoms. The van der Waals surface area contributed by atoms with Crippen LogP contribution in [-0.4, -0.2) is 43.6 Å². The van der Waals surface area contributed by atoms with E-state index in [1.165, 1.54) is 0 Å². The fourth-order valence-electron chi connectivity index (χ4n) is 3.47. The zero-order chi connectivity index (χ0) is 17.2. The van der Waals surface area contributed by atoms with Crippen molar-refractivity contribution in [3.63, 3.8) is 0 Å². The lowest BCUT2D eigenvalue weighted by atomic mass is 10.0. The predicted octanol–water partition coefficient (Wildman–Crippen LogP) is 3.06. The van der Waals surface area contributed by atoms with Crippen LogP contribution in [0.3, 0.4) is 0 Å². The Bertz CT molecular complexity index is 868. The number of carbonyl (C=O) groups excluding carboxylic acids is 1. The van der Waals surface area contributed by atoms with Gasteiger partial charge in [0.2, 0.25) is 0 Å². The molecule has 4 rings (SSSR count). The van der Waals surface area contributed by atoms with Crippen LogP contribution in [0.5, 0.6) is 0 Å². The molecule has 1 N–H and O–H groups in total. The highest BCUT2D eigenvalue weighted by Gasteiger charge is 2.26. The van der Waals surface area contributed by atoms with Gasteiger partial charge in [0, 0.05) is 31.0 Å². The summed E-state index contributed by atoms with van der Waals surface area (Å²) < 4.78 is 2.09. The van der Waals surface area contributed by atoms with Crippen LogP contribution in [0, 0.1) is 6.92 Å². The molecule has 6 nitrogen and oxygen atoms in total. The molecule has 3 heterocycles. The lowest BCUT2D eigenvalue weighted by Gasteiger charge is -2.33. The van der Waals surface area contributed by atoms with Crippen LogP contribution in [-0.2, 0) is 0 Å². The number of nitrogens with one attached hydrogen (secondary N) is 1. The van der Waals surface area contributed by atoms with Gasteiger partial charge in [-0.15, -0.1) is 0 Å². The summed E-state index contributed by atoms with van der Waals surface area (Å²) in [5.74, 6) is 0.0112. The van der Waals surface area contributed by atoms with Crippen molar-refractivity contribution in [2.45, 2.75) is 25.8 Å². The predicted molar refractivity (Wildman–Crippen MR) is 95.2 cm³/mol. The second-order valence-electron chi connectivity index (χ2n) is 6.54. The number of piperidine rings is 1. The van der Waals surface area contributed by atoms with Gasteiger partial charge in [0.15, 0.2) is 0 Å². The first-order chi connectivity index (χ1) is 12.2. The van der Waals surface area contributed by atoms with Gasteiger partial charge in [-0.05, 0) is 31.4 Å². The normalized spacial score (nSPS) is 17.6. The second-order valence-corrected chi connectivity index (χ2v) is 6.54. The summed E-state index contributed by atoms with van der Waals surface area (Å²) in [6, 6.07) is 10.2. The molecule has 1 aromatic carbocycles. The highest BCUT2D eigenvalue weighted by atomic mass is 16.2. The molecular weight excluding hydrogens is 314 g/mol. The van der Waals surface area contributed by atoms with Crippen LogP contribution in [0.15, 0.2) is 49.1 Å². The van der Waals surface area contributed by atoms with Crippen LogP contribution in [0.2, 0.25) is 0 Å². The molecule has 1 aliphatic rings. The maximum atomic E-state index is 12.9. The average Bonchev–Trinajstić information content (AvgIpc) is 3.34. The number of nitrogens with zero attached hydrogens (tertiary/aromatic N) is 4. The SMILES string of the molecule is Cc1ccccc1-c1cc(C(=O)N2CCC[C@@H](n3ccnc3)C2)[nH]n1. The molecule has 25 heavy (non-hydrogen) atoms. The largest absolute Gasteiger partial charge is 0.335 e. The van der Waals surface area contributed by atoms with Crippen molar-refractivity contribution in [2.75, 3.05) is 13.1 Å². The van der Waals surface area contributed by atoms with Gasteiger partial charge in [-0.25, -0.2) is 4.98 Å². The third-order valence-electron chi connectivity index (χ3n) is 4.86. The molecular formula is C19H21N5O. The van der Waals surface area contributed by atoms with Crippen LogP contribution in [0.4, 0.5) is 0 Å². The number of carbonyl (C=O) groups is 1. The van der Waals surface area contributed by atoms with Gasteiger partial charge in [-0.1, -0.05) is 24.3 Å². The first-order valence-electron chi connectivity index (χ1n) is 8.60. The number of rotatable bonds is 3. The quantitative estimate of drug-likeness (QED) is 0.800. The minimum atomic E-state index is 0.0112. The first kappa shape index (κ1) is 15.6. The van der Waals surface area contributed by atoms with E-state index in [1.807, 2.05) is 54.7 Å². The van der Waals surface area contributed by atoms with E-state index in [0.29, 0.717) is 18.3 Å². The van der Waals surface area contributed by atoms with E-state index in [2.05, 4.69) is 19.7 Å². The molecule has 0 saturated carbocycles. The molecule has 128 valence electrons. The van der Waals surface area contributed by atoms with Crippen molar-refractivity contribution in [3.8, 4) is 11.3 Å². The number of imidazole rings is 1. The van der Waals surface area contributed by atoms with Crippen molar-refractivity contribution in [1.82, 2.24) is 24.6 Å². The van der Waals surface area contributed by atoms with Crippen molar-refractivity contribution in [2.24, 2.45) is 0 Å². The molecule has 2 aromatic heterocycles. The monoisotopic (exact) mass is 335 g/mol. The summed E-state index contributed by atoms with van der Waals surface area (Å²) in [6.07, 6.45) is 7.63. The van der Waals surface area contributed by atoms with Gasteiger partial charge < -0.3 is 9.47 Å². The average molecular weight is 335 g/mol. The Morgan fingerprint density at radius 2 is 2.20 bits per heavy atom. The van der Waals surface area contributed by atoms with Crippen LogP contribution in [0.1, 0.15) is 34.9 Å². The minimum Gasteiger partial charge on any atom is -0.335 e. The highest BCUT2D eigenvalue weighted by Crippen LogP contribution is 2.25. The van der Waals surface area contributed by atoms with Crippen molar-refractivity contribution >= 4 is 5.91 Å². The molecule has 0 spiro atoms. The Morgan fingerprint density at radius 3 is 3.00 bits per heavy atom. The number of H-pyrrole nitrogens is 1. The Labute approximate surface area is 146 Å². The van der Waals surface area contributed by atoms with Crippen LogP contribution in [0.25, 0.3) is 11.3 Å². The molecule has 0 unspecified atom stereocenters. The second kappa shape index (κ2) is 6.55. The van der Waals surface area contributed by atoms with Crippen molar-refractivity contribution < 1.29 is 4.79 Å². The summed E-state index contributed by atoms with van der Waals surface area (Å²) in [5.41, 5.74) is 3.55. The van der Waals surface area contributed by atoms with Crippen LogP contribution < -0.4 is 0 Å². The zero-order valence-corrected chi connectivity index (χ0v) is 14.2. The van der Waals surface area contributed by atoms with E-state index in [0.717, 1.165) is 36.2 Å². The zero-order valence-electron chi connectivity index (χ0n) is 14.2. The molecule has 0 aliphatic carbocycles. The number of hydrogen-bond acceptors (Lipinski definition) is 3. The van der Waals surface area contributed by atoms with Gasteiger partial charge >= 0.3 is 0 Å². The number of aromatic nitrogens is 4. The lowest BCUT2D eigenvalue weighted by molar-refractivity contribution is 0.0673. The van der Waals surface area contributed by atoms with E-state index >= 15 is 0 Å². The number of likely N-dealkylation sites (tertiary alicyclic amines) is 1. The smallest absolute Gasteiger partial charge is 0.271 e. The summed E-state index contributed by atoms with van der Waals surface area (Å²) in [5, 5.41) is 7.26.